The molecule has 0 saturated heterocycles. The highest BCUT2D eigenvalue weighted by Crippen LogP contribution is 2.29. The summed E-state index contributed by atoms with van der Waals surface area (Å²) in [5.41, 5.74) is 1.19. The van der Waals surface area contributed by atoms with Gasteiger partial charge in [0.25, 0.3) is 0 Å². The Hall–Kier alpha value is -0.830. The summed E-state index contributed by atoms with van der Waals surface area (Å²) in [6.45, 7) is 0. The molecule has 2 rings (SSSR count). The Bertz CT molecular complexity index is 569. The smallest absolute Gasteiger partial charge is 0.186 e. The zero-order valence-corrected chi connectivity index (χ0v) is 12.3. The Morgan fingerprint density at radius 2 is 1.78 bits per heavy atom. The lowest BCUT2D eigenvalue weighted by Crippen LogP contribution is -2.08. The molecular weight excluding hydrogens is 335 g/mol. The summed E-state index contributed by atoms with van der Waals surface area (Å²) in [7, 11) is 0. The van der Waals surface area contributed by atoms with Crippen molar-refractivity contribution in [1.82, 2.24) is 0 Å². The molecule has 92 valence electrons. The van der Waals surface area contributed by atoms with Crippen molar-refractivity contribution < 1.29 is 4.79 Å². The normalized spacial score (nSPS) is 12.2. The van der Waals surface area contributed by atoms with Crippen molar-refractivity contribution in [3.05, 3.63) is 69.2 Å². The van der Waals surface area contributed by atoms with Crippen molar-refractivity contribution in [2.45, 2.75) is 5.38 Å². The fourth-order valence-electron chi connectivity index (χ4n) is 1.60. The van der Waals surface area contributed by atoms with Crippen LogP contribution in [0.25, 0.3) is 0 Å². The molecule has 0 saturated carbocycles. The summed E-state index contributed by atoms with van der Waals surface area (Å²) < 4.78 is 0.798. The molecular formula is C14H9BrCl2O. The Kier molecular flexibility index (Phi) is 4.44. The zero-order chi connectivity index (χ0) is 13.1. The van der Waals surface area contributed by atoms with Crippen molar-refractivity contribution in [2.24, 2.45) is 0 Å². The molecule has 4 heteroatoms. The molecule has 0 N–H and O–H groups in total. The summed E-state index contributed by atoms with van der Waals surface area (Å²) in [4.78, 5) is 12.3. The third kappa shape index (κ3) is 2.94. The molecule has 0 bridgehead atoms. The van der Waals surface area contributed by atoms with Crippen LogP contribution < -0.4 is 0 Å². The second-order valence-electron chi connectivity index (χ2n) is 3.76. The summed E-state index contributed by atoms with van der Waals surface area (Å²) in [6.07, 6.45) is 0. The van der Waals surface area contributed by atoms with E-state index in [-0.39, 0.29) is 5.78 Å². The highest BCUT2D eigenvalue weighted by molar-refractivity contribution is 9.10. The molecule has 0 aromatic heterocycles. The van der Waals surface area contributed by atoms with Gasteiger partial charge in [0, 0.05) is 10.0 Å². The van der Waals surface area contributed by atoms with Crippen LogP contribution in [0.2, 0.25) is 5.02 Å². The van der Waals surface area contributed by atoms with Crippen LogP contribution in [0.1, 0.15) is 21.3 Å². The molecule has 0 spiro atoms. The lowest BCUT2D eigenvalue weighted by Gasteiger charge is -2.10. The van der Waals surface area contributed by atoms with E-state index in [0.29, 0.717) is 10.6 Å². The van der Waals surface area contributed by atoms with Crippen molar-refractivity contribution >= 4 is 44.9 Å². The number of carbonyl (C=O) groups is 1. The molecule has 1 unspecified atom stereocenters. The monoisotopic (exact) mass is 342 g/mol. The molecule has 0 aliphatic carbocycles. The standard InChI is InChI=1S/C14H9BrCl2O/c15-10-6-7-12(16)11(8-10)14(18)13(17)9-4-2-1-3-5-9/h1-8,13H. The van der Waals surface area contributed by atoms with Crippen LogP contribution in [0.15, 0.2) is 53.0 Å². The van der Waals surface area contributed by atoms with E-state index in [0.717, 1.165) is 10.0 Å². The molecule has 0 heterocycles. The molecule has 0 fully saturated rings. The lowest BCUT2D eigenvalue weighted by atomic mass is 10.0. The summed E-state index contributed by atoms with van der Waals surface area (Å²) in [5, 5.41) is -0.317. The first-order valence-electron chi connectivity index (χ1n) is 5.28. The molecule has 0 amide bonds. The van der Waals surface area contributed by atoms with Crippen LogP contribution in [-0.4, -0.2) is 5.78 Å². The average molecular weight is 344 g/mol. The number of rotatable bonds is 3. The van der Waals surface area contributed by atoms with Gasteiger partial charge >= 0.3 is 0 Å². The molecule has 2 aromatic carbocycles. The predicted octanol–water partition coefficient (Wildman–Crippen LogP) is 5.27. The van der Waals surface area contributed by atoms with E-state index in [9.17, 15) is 4.79 Å². The van der Waals surface area contributed by atoms with E-state index < -0.39 is 5.38 Å². The number of halogens is 3. The number of benzene rings is 2. The summed E-state index contributed by atoms with van der Waals surface area (Å²) in [5.74, 6) is -0.200. The van der Waals surface area contributed by atoms with Crippen molar-refractivity contribution in [2.75, 3.05) is 0 Å². The molecule has 1 nitrogen and oxygen atoms in total. The second kappa shape index (κ2) is 5.87. The van der Waals surface area contributed by atoms with E-state index in [1.807, 2.05) is 30.3 Å². The van der Waals surface area contributed by atoms with Gasteiger partial charge in [0.15, 0.2) is 5.78 Å². The third-order valence-corrected chi connectivity index (χ3v) is 3.79. The van der Waals surface area contributed by atoms with Crippen LogP contribution in [-0.2, 0) is 0 Å². The van der Waals surface area contributed by atoms with Gasteiger partial charge in [0.1, 0.15) is 5.38 Å². The molecule has 0 aliphatic rings. The van der Waals surface area contributed by atoms with Crippen LogP contribution >= 0.6 is 39.1 Å². The molecule has 0 radical (unpaired) electrons. The first-order chi connectivity index (χ1) is 8.59. The highest BCUT2D eigenvalue weighted by Gasteiger charge is 2.21. The van der Waals surface area contributed by atoms with Crippen molar-refractivity contribution in [3.8, 4) is 0 Å². The lowest BCUT2D eigenvalue weighted by molar-refractivity contribution is 0.0987. The van der Waals surface area contributed by atoms with Gasteiger partial charge in [0.05, 0.1) is 5.02 Å². The van der Waals surface area contributed by atoms with Gasteiger partial charge in [0.2, 0.25) is 0 Å². The maximum Gasteiger partial charge on any atom is 0.186 e. The van der Waals surface area contributed by atoms with E-state index in [4.69, 9.17) is 23.2 Å². The molecule has 1 atom stereocenters. The Morgan fingerprint density at radius 1 is 1.11 bits per heavy atom. The quantitative estimate of drug-likeness (QED) is 0.548. The van der Waals surface area contributed by atoms with Crippen LogP contribution in [0, 0.1) is 0 Å². The largest absolute Gasteiger partial charge is 0.292 e. The minimum Gasteiger partial charge on any atom is -0.292 e. The molecule has 18 heavy (non-hydrogen) atoms. The fourth-order valence-corrected chi connectivity index (χ4v) is 2.43. The maximum absolute atomic E-state index is 12.3. The van der Waals surface area contributed by atoms with E-state index in [1.165, 1.54) is 0 Å². The van der Waals surface area contributed by atoms with Gasteiger partial charge in [-0.2, -0.15) is 0 Å². The van der Waals surface area contributed by atoms with Gasteiger partial charge in [-0.25, -0.2) is 0 Å². The number of ketones is 1. The third-order valence-electron chi connectivity index (χ3n) is 2.52. The van der Waals surface area contributed by atoms with Crippen LogP contribution in [0.5, 0.6) is 0 Å². The minimum absolute atomic E-state index is 0.200. The van der Waals surface area contributed by atoms with Gasteiger partial charge in [-0.05, 0) is 23.8 Å². The van der Waals surface area contributed by atoms with E-state index in [2.05, 4.69) is 15.9 Å². The van der Waals surface area contributed by atoms with Crippen molar-refractivity contribution in [3.63, 3.8) is 0 Å². The van der Waals surface area contributed by atoms with Crippen LogP contribution in [0.4, 0.5) is 0 Å². The number of hydrogen-bond donors (Lipinski definition) is 0. The molecule has 0 aliphatic heterocycles. The maximum atomic E-state index is 12.3. The number of hydrogen-bond acceptors (Lipinski definition) is 1. The van der Waals surface area contributed by atoms with Gasteiger partial charge in [-0.1, -0.05) is 57.9 Å². The highest BCUT2D eigenvalue weighted by atomic mass is 79.9. The van der Waals surface area contributed by atoms with Crippen molar-refractivity contribution in [1.29, 1.82) is 0 Å². The van der Waals surface area contributed by atoms with Gasteiger partial charge in [-0.15, -0.1) is 11.6 Å². The average Bonchev–Trinajstić information content (AvgIpc) is 2.41. The Labute approximate surface area is 124 Å². The topological polar surface area (TPSA) is 17.1 Å². The predicted molar refractivity (Wildman–Crippen MR) is 78.5 cm³/mol. The number of Topliss-reactive ketones (excluding diaryl/α,β-unsaturated/α-hetero) is 1. The van der Waals surface area contributed by atoms with Gasteiger partial charge in [-0.3, -0.25) is 4.79 Å². The fraction of sp³-hybridized carbons (Fsp3) is 0.0714. The van der Waals surface area contributed by atoms with Crippen LogP contribution in [0.3, 0.4) is 0 Å². The van der Waals surface area contributed by atoms with Gasteiger partial charge < -0.3 is 0 Å². The SMILES string of the molecule is O=C(c1cc(Br)ccc1Cl)C(Cl)c1ccccc1. The first kappa shape index (κ1) is 13.6. The number of carbonyl (C=O) groups excluding carboxylic acids is 1. The number of alkyl halides is 1. The van der Waals surface area contributed by atoms with E-state index >= 15 is 0 Å². The van der Waals surface area contributed by atoms with E-state index in [1.54, 1.807) is 18.2 Å². The zero-order valence-electron chi connectivity index (χ0n) is 9.24. The summed E-state index contributed by atoms with van der Waals surface area (Å²) in [6, 6.07) is 14.4. The summed E-state index contributed by atoms with van der Waals surface area (Å²) >= 11 is 15.5. The first-order valence-corrected chi connectivity index (χ1v) is 6.88. The second-order valence-corrected chi connectivity index (χ2v) is 5.52. The Morgan fingerprint density at radius 3 is 2.44 bits per heavy atom. The minimum atomic E-state index is -0.724. The molecule has 2 aromatic rings. The Balaban J connectivity index is 2.34.